The molecule has 0 saturated carbocycles. The van der Waals surface area contributed by atoms with Crippen molar-refractivity contribution in [1.29, 1.82) is 0 Å². The van der Waals surface area contributed by atoms with Crippen molar-refractivity contribution in [3.8, 4) is 11.5 Å². The Balaban J connectivity index is 2.46. The molecule has 0 bridgehead atoms. The summed E-state index contributed by atoms with van der Waals surface area (Å²) in [6.07, 6.45) is -2.66. The van der Waals surface area contributed by atoms with E-state index in [9.17, 15) is 8.78 Å². The number of halogens is 2. The van der Waals surface area contributed by atoms with Crippen molar-refractivity contribution in [3.05, 3.63) is 23.8 Å². The maximum Gasteiger partial charge on any atom is 0.586 e. The molecule has 14 heavy (non-hydrogen) atoms. The van der Waals surface area contributed by atoms with Crippen molar-refractivity contribution in [2.45, 2.75) is 6.29 Å². The van der Waals surface area contributed by atoms with E-state index < -0.39 is 6.29 Å². The van der Waals surface area contributed by atoms with Crippen LogP contribution in [0, 0.1) is 0 Å². The highest BCUT2D eigenvalue weighted by Gasteiger charge is 2.44. The molecule has 6 heteroatoms. The van der Waals surface area contributed by atoms with Gasteiger partial charge in [-0.3, -0.25) is 0 Å². The van der Waals surface area contributed by atoms with Crippen molar-refractivity contribution in [2.75, 3.05) is 0 Å². The molecule has 0 fully saturated rings. The fourth-order valence-corrected chi connectivity index (χ4v) is 1.15. The lowest BCUT2D eigenvalue weighted by Gasteiger charge is -2.04. The van der Waals surface area contributed by atoms with Crippen molar-refractivity contribution >= 4 is 6.21 Å². The number of fused-ring (bicyclic) bond motifs is 1. The molecule has 0 saturated heterocycles. The summed E-state index contributed by atoms with van der Waals surface area (Å²) in [6.45, 7) is 0. The minimum atomic E-state index is -3.65. The molecule has 1 aromatic carbocycles. The molecule has 1 aliphatic rings. The van der Waals surface area contributed by atoms with Crippen LogP contribution in [0.5, 0.6) is 11.5 Å². The second kappa shape index (κ2) is 2.83. The lowest BCUT2D eigenvalue weighted by Crippen LogP contribution is -2.26. The van der Waals surface area contributed by atoms with Gasteiger partial charge in [0, 0.05) is 5.56 Å². The SMILES string of the molecule is O/N=C/c1cccc2c1OC(F)(F)O2. The number of benzene rings is 1. The second-order valence-corrected chi connectivity index (χ2v) is 2.59. The first kappa shape index (κ1) is 8.74. The van der Waals surface area contributed by atoms with Crippen LogP contribution in [-0.2, 0) is 0 Å². The standard InChI is InChI=1S/C8H5F2NO3/c9-8(10)13-6-3-1-2-5(4-11-12)7(6)14-8/h1-4,12H/b11-4+. The van der Waals surface area contributed by atoms with E-state index in [1.807, 2.05) is 0 Å². The third-order valence-electron chi connectivity index (χ3n) is 1.66. The van der Waals surface area contributed by atoms with E-state index in [-0.39, 0.29) is 17.1 Å². The number of oxime groups is 1. The van der Waals surface area contributed by atoms with Gasteiger partial charge in [-0.15, -0.1) is 8.78 Å². The van der Waals surface area contributed by atoms with Crippen LogP contribution in [0.3, 0.4) is 0 Å². The zero-order chi connectivity index (χ0) is 10.2. The molecule has 0 atom stereocenters. The number of hydrogen-bond acceptors (Lipinski definition) is 4. The largest absolute Gasteiger partial charge is 0.586 e. The van der Waals surface area contributed by atoms with Gasteiger partial charge < -0.3 is 14.7 Å². The number of hydrogen-bond donors (Lipinski definition) is 1. The van der Waals surface area contributed by atoms with E-state index in [0.29, 0.717) is 0 Å². The van der Waals surface area contributed by atoms with E-state index in [1.165, 1.54) is 18.2 Å². The third kappa shape index (κ3) is 1.34. The Labute approximate surface area is 77.4 Å². The Morgan fingerprint density at radius 3 is 2.86 bits per heavy atom. The molecule has 0 amide bonds. The summed E-state index contributed by atoms with van der Waals surface area (Å²) in [5, 5.41) is 11.0. The van der Waals surface area contributed by atoms with Crippen LogP contribution >= 0.6 is 0 Å². The molecule has 0 spiro atoms. The first-order valence-corrected chi connectivity index (χ1v) is 3.69. The number of rotatable bonds is 1. The van der Waals surface area contributed by atoms with Crippen LogP contribution in [0.25, 0.3) is 0 Å². The average Bonchev–Trinajstić information content (AvgIpc) is 2.41. The Morgan fingerprint density at radius 2 is 2.14 bits per heavy atom. The predicted octanol–water partition coefficient (Wildman–Crippen LogP) is 1.82. The summed E-state index contributed by atoms with van der Waals surface area (Å²) in [5.41, 5.74) is 0.224. The maximum absolute atomic E-state index is 12.6. The minimum absolute atomic E-state index is 0.0765. The Morgan fingerprint density at radius 1 is 1.36 bits per heavy atom. The van der Waals surface area contributed by atoms with Gasteiger partial charge >= 0.3 is 6.29 Å². The van der Waals surface area contributed by atoms with Gasteiger partial charge in [-0.2, -0.15) is 0 Å². The van der Waals surface area contributed by atoms with Crippen molar-refractivity contribution in [1.82, 2.24) is 0 Å². The Kier molecular flexibility index (Phi) is 1.77. The molecule has 0 aliphatic carbocycles. The monoisotopic (exact) mass is 201 g/mol. The van der Waals surface area contributed by atoms with Crippen molar-refractivity contribution in [2.24, 2.45) is 5.16 Å². The van der Waals surface area contributed by atoms with Crippen LogP contribution in [0.1, 0.15) is 5.56 Å². The van der Waals surface area contributed by atoms with Crippen LogP contribution in [0.4, 0.5) is 8.78 Å². The summed E-state index contributed by atoms with van der Waals surface area (Å²) in [6, 6.07) is 4.29. The minimum Gasteiger partial charge on any atom is -0.411 e. The highest BCUT2D eigenvalue weighted by molar-refractivity contribution is 5.84. The molecule has 4 nitrogen and oxygen atoms in total. The summed E-state index contributed by atoms with van der Waals surface area (Å²) < 4.78 is 33.6. The summed E-state index contributed by atoms with van der Waals surface area (Å²) >= 11 is 0. The molecule has 1 aromatic rings. The lowest BCUT2D eigenvalue weighted by molar-refractivity contribution is -0.286. The Bertz CT molecular complexity index is 392. The first-order chi connectivity index (χ1) is 6.62. The van der Waals surface area contributed by atoms with Crippen molar-refractivity contribution in [3.63, 3.8) is 0 Å². The summed E-state index contributed by atoms with van der Waals surface area (Å²) in [7, 11) is 0. The van der Waals surface area contributed by atoms with Gasteiger partial charge in [0.25, 0.3) is 0 Å². The summed E-state index contributed by atoms with van der Waals surface area (Å²) in [4.78, 5) is 0. The summed E-state index contributed by atoms with van der Waals surface area (Å²) in [5.74, 6) is -0.206. The quantitative estimate of drug-likeness (QED) is 0.428. The molecule has 0 radical (unpaired) electrons. The van der Waals surface area contributed by atoms with Gasteiger partial charge in [-0.25, -0.2) is 0 Å². The fourth-order valence-electron chi connectivity index (χ4n) is 1.15. The predicted molar refractivity (Wildman–Crippen MR) is 42.0 cm³/mol. The van der Waals surface area contributed by atoms with E-state index in [1.54, 1.807) is 0 Å². The highest BCUT2D eigenvalue weighted by Crippen LogP contribution is 2.42. The van der Waals surface area contributed by atoms with Gasteiger partial charge in [-0.05, 0) is 12.1 Å². The molecule has 1 heterocycles. The molecule has 1 N–H and O–H groups in total. The van der Waals surface area contributed by atoms with Crippen LogP contribution in [-0.4, -0.2) is 17.7 Å². The molecule has 0 aromatic heterocycles. The first-order valence-electron chi connectivity index (χ1n) is 3.69. The van der Waals surface area contributed by atoms with Gasteiger partial charge in [-0.1, -0.05) is 11.2 Å². The van der Waals surface area contributed by atoms with E-state index in [0.717, 1.165) is 6.21 Å². The number of nitrogens with zero attached hydrogens (tertiary/aromatic N) is 1. The average molecular weight is 201 g/mol. The zero-order valence-corrected chi connectivity index (χ0v) is 6.78. The highest BCUT2D eigenvalue weighted by atomic mass is 19.3. The zero-order valence-electron chi connectivity index (χ0n) is 6.78. The van der Waals surface area contributed by atoms with Crippen molar-refractivity contribution < 1.29 is 23.5 Å². The molecule has 1 aliphatic heterocycles. The van der Waals surface area contributed by atoms with Gasteiger partial charge in [0.15, 0.2) is 11.5 Å². The van der Waals surface area contributed by atoms with Gasteiger partial charge in [0.05, 0.1) is 6.21 Å². The number of ether oxygens (including phenoxy) is 2. The van der Waals surface area contributed by atoms with Crippen LogP contribution in [0.15, 0.2) is 23.4 Å². The van der Waals surface area contributed by atoms with E-state index >= 15 is 0 Å². The van der Waals surface area contributed by atoms with E-state index in [4.69, 9.17) is 5.21 Å². The Hall–Kier alpha value is -1.85. The third-order valence-corrected chi connectivity index (χ3v) is 1.66. The van der Waals surface area contributed by atoms with E-state index in [2.05, 4.69) is 14.6 Å². The smallest absolute Gasteiger partial charge is 0.411 e. The molecule has 2 rings (SSSR count). The number of alkyl halides is 2. The molecular weight excluding hydrogens is 196 g/mol. The molecular formula is C8H5F2NO3. The van der Waals surface area contributed by atoms with Crippen LogP contribution in [0.2, 0.25) is 0 Å². The number of para-hydroxylation sites is 1. The maximum atomic E-state index is 12.6. The lowest BCUT2D eigenvalue weighted by atomic mass is 10.2. The van der Waals surface area contributed by atoms with Gasteiger partial charge in [0.2, 0.25) is 0 Å². The fraction of sp³-hybridized carbons (Fsp3) is 0.125. The second-order valence-electron chi connectivity index (χ2n) is 2.59. The molecule has 0 unspecified atom stereocenters. The topological polar surface area (TPSA) is 51.1 Å². The molecule has 74 valence electrons. The van der Waals surface area contributed by atoms with Crippen LogP contribution < -0.4 is 9.47 Å². The normalized spacial score (nSPS) is 17.6. The van der Waals surface area contributed by atoms with Gasteiger partial charge in [0.1, 0.15) is 0 Å².